The summed E-state index contributed by atoms with van der Waals surface area (Å²) in [5, 5.41) is 24.6. The van der Waals surface area contributed by atoms with E-state index < -0.39 is 23.1 Å². The molecule has 0 aliphatic heterocycles. The molecule has 0 aromatic heterocycles. The lowest BCUT2D eigenvalue weighted by Gasteiger charge is -2.53. The van der Waals surface area contributed by atoms with Crippen molar-refractivity contribution in [3.05, 3.63) is 99.0 Å². The van der Waals surface area contributed by atoms with Crippen molar-refractivity contribution < 1.29 is 19.7 Å². The van der Waals surface area contributed by atoms with E-state index in [1.54, 1.807) is 66.7 Å². The molecule has 29 heavy (non-hydrogen) atoms. The molecule has 0 radical (unpaired) electrons. The SMILES string of the molecule is O=C(Oc1ccc(Cl)cc1)C1CC2(O)c3ccccc3C1(O)c1ccc(Cl)cc12. The minimum Gasteiger partial charge on any atom is -0.426 e. The second kappa shape index (κ2) is 6.31. The Morgan fingerprint density at radius 1 is 0.862 bits per heavy atom. The molecule has 6 rings (SSSR count). The standard InChI is InChI=1S/C23H16Cl2O4/c24-13-5-8-15(9-6-13)29-21(26)20-12-22(27)16-3-1-2-4-17(16)23(20,28)18-10-7-14(25)11-19(18)22/h1-11,20,27-28H,12H2. The van der Waals surface area contributed by atoms with Crippen LogP contribution < -0.4 is 4.74 Å². The molecule has 2 N–H and O–H groups in total. The van der Waals surface area contributed by atoms with Crippen LogP contribution in [0.3, 0.4) is 0 Å². The Labute approximate surface area is 177 Å². The number of aliphatic hydroxyl groups is 2. The van der Waals surface area contributed by atoms with Crippen LogP contribution in [0.25, 0.3) is 0 Å². The maximum Gasteiger partial charge on any atom is 0.318 e. The zero-order chi connectivity index (χ0) is 20.4. The van der Waals surface area contributed by atoms with Crippen molar-refractivity contribution >= 4 is 29.2 Å². The van der Waals surface area contributed by atoms with E-state index in [4.69, 9.17) is 27.9 Å². The predicted octanol–water partition coefficient (Wildman–Crippen LogP) is 4.40. The molecule has 0 spiro atoms. The number of rotatable bonds is 2. The van der Waals surface area contributed by atoms with Gasteiger partial charge in [0.15, 0.2) is 0 Å². The van der Waals surface area contributed by atoms with E-state index in [0.717, 1.165) is 0 Å². The van der Waals surface area contributed by atoms with Crippen LogP contribution in [-0.4, -0.2) is 16.2 Å². The minimum absolute atomic E-state index is 0.0136. The molecule has 3 unspecified atom stereocenters. The molecule has 3 aliphatic rings. The number of ether oxygens (including phenoxy) is 1. The number of halogens is 2. The lowest BCUT2D eigenvalue weighted by Crippen LogP contribution is -2.57. The number of carbonyl (C=O) groups is 1. The van der Waals surface area contributed by atoms with Crippen molar-refractivity contribution in [3.63, 3.8) is 0 Å². The lowest BCUT2D eigenvalue weighted by molar-refractivity contribution is -0.157. The molecule has 3 aliphatic carbocycles. The van der Waals surface area contributed by atoms with E-state index in [9.17, 15) is 15.0 Å². The van der Waals surface area contributed by atoms with Crippen molar-refractivity contribution in [1.29, 1.82) is 0 Å². The van der Waals surface area contributed by atoms with Gasteiger partial charge in [-0.05, 0) is 58.7 Å². The second-order valence-electron chi connectivity index (χ2n) is 7.49. The Morgan fingerprint density at radius 3 is 2.21 bits per heavy atom. The molecule has 0 heterocycles. The van der Waals surface area contributed by atoms with Crippen LogP contribution in [0.15, 0.2) is 66.7 Å². The summed E-state index contributed by atoms with van der Waals surface area (Å²) < 4.78 is 5.53. The summed E-state index contributed by atoms with van der Waals surface area (Å²) in [5.41, 5.74) is -1.03. The zero-order valence-electron chi connectivity index (χ0n) is 15.1. The number of hydrogen-bond acceptors (Lipinski definition) is 4. The summed E-state index contributed by atoms with van der Waals surface area (Å²) in [7, 11) is 0. The van der Waals surface area contributed by atoms with Gasteiger partial charge in [-0.25, -0.2) is 0 Å². The smallest absolute Gasteiger partial charge is 0.318 e. The van der Waals surface area contributed by atoms with E-state index in [0.29, 0.717) is 38.0 Å². The van der Waals surface area contributed by atoms with Gasteiger partial charge in [0.05, 0.1) is 5.92 Å². The van der Waals surface area contributed by atoms with E-state index >= 15 is 0 Å². The number of benzene rings is 3. The van der Waals surface area contributed by atoms with Crippen molar-refractivity contribution in [3.8, 4) is 5.75 Å². The van der Waals surface area contributed by atoms with Gasteiger partial charge in [-0.15, -0.1) is 0 Å². The van der Waals surface area contributed by atoms with Crippen LogP contribution in [0, 0.1) is 5.92 Å². The molecule has 3 atom stereocenters. The molecular formula is C23H16Cl2O4. The maximum absolute atomic E-state index is 13.1. The molecule has 0 saturated carbocycles. The normalized spacial score (nSPS) is 26.6. The van der Waals surface area contributed by atoms with Crippen molar-refractivity contribution in [1.82, 2.24) is 0 Å². The Hall–Kier alpha value is -2.37. The number of esters is 1. The summed E-state index contributed by atoms with van der Waals surface area (Å²) >= 11 is 12.1. The fraction of sp³-hybridized carbons (Fsp3) is 0.174. The van der Waals surface area contributed by atoms with Gasteiger partial charge in [-0.1, -0.05) is 53.5 Å². The monoisotopic (exact) mass is 426 g/mol. The average molecular weight is 427 g/mol. The van der Waals surface area contributed by atoms with Crippen LogP contribution >= 0.6 is 23.2 Å². The molecule has 0 fully saturated rings. The Balaban J connectivity index is 1.65. The number of fused-ring (bicyclic) bond motifs is 1. The fourth-order valence-corrected chi connectivity index (χ4v) is 4.94. The Bertz CT molecular complexity index is 1140. The van der Waals surface area contributed by atoms with Gasteiger partial charge in [-0.2, -0.15) is 0 Å². The third kappa shape index (κ3) is 2.57. The molecule has 2 bridgehead atoms. The lowest BCUT2D eigenvalue weighted by atomic mass is 9.54. The highest BCUT2D eigenvalue weighted by Crippen LogP contribution is 2.60. The molecule has 0 saturated heterocycles. The number of carbonyl (C=O) groups excluding carboxylic acids is 1. The van der Waals surface area contributed by atoms with Crippen LogP contribution in [0.5, 0.6) is 5.75 Å². The first-order valence-corrected chi connectivity index (χ1v) is 9.92. The highest BCUT2D eigenvalue weighted by atomic mass is 35.5. The van der Waals surface area contributed by atoms with Crippen molar-refractivity contribution in [2.75, 3.05) is 0 Å². The van der Waals surface area contributed by atoms with Crippen molar-refractivity contribution in [2.24, 2.45) is 5.92 Å². The van der Waals surface area contributed by atoms with Crippen LogP contribution in [0.4, 0.5) is 0 Å². The molecule has 3 aromatic rings. The summed E-state index contributed by atoms with van der Waals surface area (Å²) in [6, 6.07) is 18.4. The van der Waals surface area contributed by atoms with E-state index in [1.165, 1.54) is 0 Å². The topological polar surface area (TPSA) is 66.8 Å². The third-order valence-corrected chi connectivity index (χ3v) is 6.43. The molecule has 4 nitrogen and oxygen atoms in total. The first kappa shape index (κ1) is 18.6. The summed E-state index contributed by atoms with van der Waals surface area (Å²) in [6.45, 7) is 0. The van der Waals surface area contributed by atoms with Gasteiger partial charge in [0.2, 0.25) is 0 Å². The molecule has 0 amide bonds. The summed E-state index contributed by atoms with van der Waals surface area (Å²) in [5.74, 6) is -1.30. The van der Waals surface area contributed by atoms with Gasteiger partial charge in [0.1, 0.15) is 17.0 Å². The molecular weight excluding hydrogens is 411 g/mol. The van der Waals surface area contributed by atoms with Crippen LogP contribution in [0.1, 0.15) is 28.7 Å². The fourth-order valence-electron chi connectivity index (χ4n) is 4.64. The molecule has 3 aromatic carbocycles. The third-order valence-electron chi connectivity index (χ3n) is 5.94. The molecule has 6 heteroatoms. The quantitative estimate of drug-likeness (QED) is 0.470. The van der Waals surface area contributed by atoms with E-state index in [-0.39, 0.29) is 6.42 Å². The van der Waals surface area contributed by atoms with Crippen LogP contribution in [0.2, 0.25) is 10.0 Å². The second-order valence-corrected chi connectivity index (χ2v) is 8.37. The van der Waals surface area contributed by atoms with Crippen molar-refractivity contribution in [2.45, 2.75) is 17.6 Å². The van der Waals surface area contributed by atoms with Gasteiger partial charge in [0.25, 0.3) is 0 Å². The average Bonchev–Trinajstić information content (AvgIpc) is 2.71. The van der Waals surface area contributed by atoms with E-state index in [2.05, 4.69) is 0 Å². The Kier molecular flexibility index (Phi) is 4.06. The van der Waals surface area contributed by atoms with Gasteiger partial charge in [-0.3, -0.25) is 4.79 Å². The highest BCUT2D eigenvalue weighted by Gasteiger charge is 2.62. The maximum atomic E-state index is 13.1. The zero-order valence-corrected chi connectivity index (χ0v) is 16.6. The first-order chi connectivity index (χ1) is 13.8. The van der Waals surface area contributed by atoms with E-state index in [1.807, 2.05) is 0 Å². The molecule has 146 valence electrons. The van der Waals surface area contributed by atoms with Gasteiger partial charge < -0.3 is 14.9 Å². The minimum atomic E-state index is -1.63. The van der Waals surface area contributed by atoms with Gasteiger partial charge in [0, 0.05) is 16.5 Å². The highest BCUT2D eigenvalue weighted by molar-refractivity contribution is 6.31. The number of hydrogen-bond donors (Lipinski definition) is 2. The summed E-state index contributed by atoms with van der Waals surface area (Å²) in [6.07, 6.45) is -0.0136. The predicted molar refractivity (Wildman–Crippen MR) is 109 cm³/mol. The van der Waals surface area contributed by atoms with Gasteiger partial charge >= 0.3 is 5.97 Å². The largest absolute Gasteiger partial charge is 0.426 e. The first-order valence-electron chi connectivity index (χ1n) is 9.16. The summed E-state index contributed by atoms with van der Waals surface area (Å²) in [4.78, 5) is 13.1. The Morgan fingerprint density at radius 2 is 1.48 bits per heavy atom. The van der Waals surface area contributed by atoms with Crippen LogP contribution in [-0.2, 0) is 16.0 Å².